The summed E-state index contributed by atoms with van der Waals surface area (Å²) in [6.45, 7) is -0.125. The Labute approximate surface area is 146 Å². The molecule has 22 heavy (non-hydrogen) atoms. The highest BCUT2D eigenvalue weighted by Crippen LogP contribution is 2.21. The molecular formula is C15H11BrCl2N2O2. The fourth-order valence-corrected chi connectivity index (χ4v) is 2.05. The zero-order chi connectivity index (χ0) is 15.9. The van der Waals surface area contributed by atoms with Gasteiger partial charge in [0.1, 0.15) is 5.75 Å². The number of nitrogens with zero attached hydrogens (tertiary/aromatic N) is 1. The van der Waals surface area contributed by atoms with Gasteiger partial charge in [0.2, 0.25) is 0 Å². The van der Waals surface area contributed by atoms with E-state index in [1.165, 1.54) is 6.21 Å². The minimum absolute atomic E-state index is 0.125. The lowest BCUT2D eigenvalue weighted by molar-refractivity contribution is -0.123. The Hall–Kier alpha value is -1.56. The van der Waals surface area contributed by atoms with Crippen molar-refractivity contribution in [2.45, 2.75) is 0 Å². The Kier molecular flexibility index (Phi) is 6.24. The molecule has 0 radical (unpaired) electrons. The predicted molar refractivity (Wildman–Crippen MR) is 91.8 cm³/mol. The lowest BCUT2D eigenvalue weighted by Gasteiger charge is -2.04. The van der Waals surface area contributed by atoms with Crippen LogP contribution in [0, 0.1) is 0 Å². The number of carbonyl (C=O) groups is 1. The minimum Gasteiger partial charge on any atom is -0.484 e. The first-order valence-electron chi connectivity index (χ1n) is 6.20. The van der Waals surface area contributed by atoms with Gasteiger partial charge < -0.3 is 4.74 Å². The first kappa shape index (κ1) is 16.8. The van der Waals surface area contributed by atoms with Gasteiger partial charge in [-0.2, -0.15) is 5.10 Å². The van der Waals surface area contributed by atoms with E-state index in [4.69, 9.17) is 27.9 Å². The van der Waals surface area contributed by atoms with Crippen molar-refractivity contribution >= 4 is 51.3 Å². The Morgan fingerprint density at radius 3 is 2.59 bits per heavy atom. The van der Waals surface area contributed by atoms with Gasteiger partial charge in [0.25, 0.3) is 5.91 Å². The van der Waals surface area contributed by atoms with Gasteiger partial charge in [-0.3, -0.25) is 4.79 Å². The molecule has 4 nitrogen and oxygen atoms in total. The number of halogens is 3. The second-order valence-corrected chi connectivity index (χ2v) is 5.94. The van der Waals surface area contributed by atoms with Crippen molar-refractivity contribution in [3.8, 4) is 5.75 Å². The van der Waals surface area contributed by atoms with Crippen LogP contribution < -0.4 is 10.2 Å². The van der Waals surface area contributed by atoms with Gasteiger partial charge >= 0.3 is 0 Å². The summed E-state index contributed by atoms with van der Waals surface area (Å²) >= 11 is 15.0. The monoisotopic (exact) mass is 400 g/mol. The molecule has 7 heteroatoms. The third kappa shape index (κ3) is 5.33. The van der Waals surface area contributed by atoms with Gasteiger partial charge in [-0.1, -0.05) is 45.2 Å². The maximum absolute atomic E-state index is 11.6. The number of hydrogen-bond donors (Lipinski definition) is 1. The minimum atomic E-state index is -0.362. The first-order chi connectivity index (χ1) is 10.5. The zero-order valence-corrected chi connectivity index (χ0v) is 14.3. The van der Waals surface area contributed by atoms with Crippen molar-refractivity contribution in [3.63, 3.8) is 0 Å². The number of hydrazone groups is 1. The normalized spacial score (nSPS) is 10.7. The van der Waals surface area contributed by atoms with E-state index in [2.05, 4.69) is 26.5 Å². The molecule has 0 bridgehead atoms. The van der Waals surface area contributed by atoms with Crippen molar-refractivity contribution < 1.29 is 9.53 Å². The fourth-order valence-electron chi connectivity index (χ4n) is 1.48. The quantitative estimate of drug-likeness (QED) is 0.600. The second kappa shape index (κ2) is 8.17. The van der Waals surface area contributed by atoms with Gasteiger partial charge in [0.05, 0.1) is 16.3 Å². The SMILES string of the molecule is O=C(COc1ccc(Br)cc1)N/N=C/c1ccc(Cl)c(Cl)c1. The van der Waals surface area contributed by atoms with Crippen LogP contribution in [0.3, 0.4) is 0 Å². The molecule has 0 aliphatic rings. The number of benzene rings is 2. The molecule has 2 aromatic carbocycles. The largest absolute Gasteiger partial charge is 0.484 e. The van der Waals surface area contributed by atoms with Gasteiger partial charge in [-0.15, -0.1) is 0 Å². The van der Waals surface area contributed by atoms with Crippen molar-refractivity contribution in [1.29, 1.82) is 0 Å². The topological polar surface area (TPSA) is 50.7 Å². The lowest BCUT2D eigenvalue weighted by Crippen LogP contribution is -2.24. The molecule has 1 amide bonds. The third-order valence-electron chi connectivity index (χ3n) is 2.53. The summed E-state index contributed by atoms with van der Waals surface area (Å²) in [4.78, 5) is 11.6. The Morgan fingerprint density at radius 1 is 1.18 bits per heavy atom. The molecule has 2 rings (SSSR count). The number of amides is 1. The summed E-state index contributed by atoms with van der Waals surface area (Å²) in [5, 5.41) is 4.72. The van der Waals surface area contributed by atoms with Crippen LogP contribution >= 0.6 is 39.1 Å². The molecular weight excluding hydrogens is 391 g/mol. The van der Waals surface area contributed by atoms with Crippen molar-refractivity contribution in [2.24, 2.45) is 5.10 Å². The Balaban J connectivity index is 1.80. The molecule has 0 unspecified atom stereocenters. The highest BCUT2D eigenvalue weighted by molar-refractivity contribution is 9.10. The van der Waals surface area contributed by atoms with Crippen LogP contribution in [0.4, 0.5) is 0 Å². The third-order valence-corrected chi connectivity index (χ3v) is 3.80. The standard InChI is InChI=1S/C15H11BrCl2N2O2/c16-11-2-4-12(5-3-11)22-9-15(21)20-19-8-10-1-6-13(17)14(18)7-10/h1-8H,9H2,(H,20,21)/b19-8+. The summed E-state index contributed by atoms with van der Waals surface area (Å²) in [5.41, 5.74) is 3.09. The van der Waals surface area contributed by atoms with Gasteiger partial charge in [-0.25, -0.2) is 5.43 Å². The summed E-state index contributed by atoms with van der Waals surface area (Å²) in [6.07, 6.45) is 1.47. The maximum atomic E-state index is 11.6. The van der Waals surface area contributed by atoms with E-state index >= 15 is 0 Å². The number of hydrogen-bond acceptors (Lipinski definition) is 3. The van der Waals surface area contributed by atoms with Crippen LogP contribution in [0.15, 0.2) is 52.0 Å². The Morgan fingerprint density at radius 2 is 1.91 bits per heavy atom. The van der Waals surface area contributed by atoms with Crippen LogP contribution in [-0.2, 0) is 4.79 Å². The molecule has 0 saturated carbocycles. The molecule has 0 aliphatic carbocycles. The molecule has 0 saturated heterocycles. The van der Waals surface area contributed by atoms with E-state index in [0.29, 0.717) is 15.8 Å². The van der Waals surface area contributed by atoms with Crippen LogP contribution in [-0.4, -0.2) is 18.7 Å². The second-order valence-electron chi connectivity index (χ2n) is 4.21. The van der Waals surface area contributed by atoms with Crippen LogP contribution in [0.1, 0.15) is 5.56 Å². The van der Waals surface area contributed by atoms with Crippen LogP contribution in [0.2, 0.25) is 10.0 Å². The smallest absolute Gasteiger partial charge is 0.277 e. The number of ether oxygens (including phenoxy) is 1. The molecule has 0 fully saturated rings. The number of carbonyl (C=O) groups excluding carboxylic acids is 1. The highest BCUT2D eigenvalue weighted by atomic mass is 79.9. The molecule has 0 aliphatic heterocycles. The highest BCUT2D eigenvalue weighted by Gasteiger charge is 2.01. The Bertz CT molecular complexity index is 690. The van der Waals surface area contributed by atoms with E-state index < -0.39 is 0 Å². The van der Waals surface area contributed by atoms with E-state index in [0.717, 1.165) is 10.0 Å². The summed E-state index contributed by atoms with van der Waals surface area (Å²) < 4.78 is 6.26. The number of nitrogens with one attached hydrogen (secondary N) is 1. The van der Waals surface area contributed by atoms with Gasteiger partial charge in [-0.05, 0) is 42.0 Å². The molecule has 0 aromatic heterocycles. The van der Waals surface area contributed by atoms with Crippen LogP contribution in [0.5, 0.6) is 5.75 Å². The summed E-state index contributed by atoms with van der Waals surface area (Å²) in [7, 11) is 0. The fraction of sp³-hybridized carbons (Fsp3) is 0.0667. The van der Waals surface area contributed by atoms with Crippen molar-refractivity contribution in [3.05, 3.63) is 62.5 Å². The predicted octanol–water partition coefficient (Wildman–Crippen LogP) is 4.29. The molecule has 0 atom stereocenters. The van der Waals surface area contributed by atoms with E-state index in [1.54, 1.807) is 30.3 Å². The summed E-state index contributed by atoms with van der Waals surface area (Å²) in [5.74, 6) is 0.242. The lowest BCUT2D eigenvalue weighted by atomic mass is 10.2. The van der Waals surface area contributed by atoms with E-state index in [9.17, 15) is 4.79 Å². The van der Waals surface area contributed by atoms with Crippen molar-refractivity contribution in [2.75, 3.05) is 6.61 Å². The average molecular weight is 402 g/mol. The molecule has 1 N–H and O–H groups in total. The van der Waals surface area contributed by atoms with E-state index in [1.807, 2.05) is 12.1 Å². The molecule has 0 spiro atoms. The number of rotatable bonds is 5. The average Bonchev–Trinajstić information content (AvgIpc) is 2.50. The van der Waals surface area contributed by atoms with Crippen LogP contribution in [0.25, 0.3) is 0 Å². The maximum Gasteiger partial charge on any atom is 0.277 e. The molecule has 114 valence electrons. The zero-order valence-electron chi connectivity index (χ0n) is 11.2. The van der Waals surface area contributed by atoms with Crippen molar-refractivity contribution in [1.82, 2.24) is 5.43 Å². The van der Waals surface area contributed by atoms with Gasteiger partial charge in [0.15, 0.2) is 6.61 Å². The molecule has 2 aromatic rings. The molecule has 0 heterocycles. The summed E-state index contributed by atoms with van der Waals surface area (Å²) in [6, 6.07) is 12.2. The first-order valence-corrected chi connectivity index (χ1v) is 7.75. The van der Waals surface area contributed by atoms with Gasteiger partial charge in [0, 0.05) is 4.47 Å². The van der Waals surface area contributed by atoms with E-state index in [-0.39, 0.29) is 12.5 Å².